The third-order valence-electron chi connectivity index (χ3n) is 4.05. The molecule has 2 aromatic carbocycles. The Bertz CT molecular complexity index is 925. The molecule has 0 aliphatic carbocycles. The lowest BCUT2D eigenvalue weighted by Crippen LogP contribution is -2.23. The van der Waals surface area contributed by atoms with Gasteiger partial charge in [0.05, 0.1) is 6.54 Å². The second-order valence-corrected chi connectivity index (χ2v) is 6.00. The predicted molar refractivity (Wildman–Crippen MR) is 101 cm³/mol. The van der Waals surface area contributed by atoms with E-state index in [4.69, 9.17) is 9.47 Å². The molecule has 0 radical (unpaired) electrons. The standard InChI is InChI=1S/C21H19N3O2/c1-24-13-12-23-21(24)16-6-4-7-17(14-16)25-18-8-5-9-19(15-18)26-20-10-2-3-11-22-20/h2-11,14-15H,12-13H2,1H3. The molecular formula is C21H19N3O2. The van der Waals surface area contributed by atoms with Crippen molar-refractivity contribution in [2.45, 2.75) is 0 Å². The van der Waals surface area contributed by atoms with E-state index in [0.29, 0.717) is 17.4 Å². The summed E-state index contributed by atoms with van der Waals surface area (Å²) in [6.07, 6.45) is 1.70. The highest BCUT2D eigenvalue weighted by molar-refractivity contribution is 5.99. The summed E-state index contributed by atoms with van der Waals surface area (Å²) in [7, 11) is 2.05. The van der Waals surface area contributed by atoms with E-state index >= 15 is 0 Å². The van der Waals surface area contributed by atoms with E-state index in [2.05, 4.69) is 21.9 Å². The fourth-order valence-corrected chi connectivity index (χ4v) is 2.81. The fraction of sp³-hybridized carbons (Fsp3) is 0.143. The molecule has 0 bridgehead atoms. The molecule has 1 aliphatic rings. The summed E-state index contributed by atoms with van der Waals surface area (Å²) in [5.41, 5.74) is 1.06. The Labute approximate surface area is 152 Å². The van der Waals surface area contributed by atoms with Crippen LogP contribution in [0.4, 0.5) is 0 Å². The zero-order chi connectivity index (χ0) is 17.8. The van der Waals surface area contributed by atoms with E-state index in [1.807, 2.05) is 66.7 Å². The maximum Gasteiger partial charge on any atom is 0.219 e. The Morgan fingerprint density at radius 2 is 1.62 bits per heavy atom. The van der Waals surface area contributed by atoms with Crippen LogP contribution < -0.4 is 9.47 Å². The summed E-state index contributed by atoms with van der Waals surface area (Å²) in [4.78, 5) is 10.9. The number of aliphatic imine (C=N–C) groups is 1. The van der Waals surface area contributed by atoms with Gasteiger partial charge in [-0.05, 0) is 30.3 Å². The van der Waals surface area contributed by atoms with E-state index < -0.39 is 0 Å². The SMILES string of the molecule is CN1CCN=C1c1cccc(Oc2cccc(Oc3ccccn3)c2)c1. The van der Waals surface area contributed by atoms with Gasteiger partial charge in [-0.25, -0.2) is 4.98 Å². The van der Waals surface area contributed by atoms with Crippen LogP contribution in [0.1, 0.15) is 5.56 Å². The Balaban J connectivity index is 1.52. The quantitative estimate of drug-likeness (QED) is 0.689. The van der Waals surface area contributed by atoms with E-state index in [0.717, 1.165) is 30.2 Å². The summed E-state index contributed by atoms with van der Waals surface area (Å²) in [6, 6.07) is 21.0. The molecule has 0 amide bonds. The van der Waals surface area contributed by atoms with Gasteiger partial charge in [0.25, 0.3) is 0 Å². The molecule has 0 saturated heterocycles. The van der Waals surface area contributed by atoms with E-state index in [1.165, 1.54) is 0 Å². The molecule has 0 spiro atoms. The maximum absolute atomic E-state index is 6.02. The van der Waals surface area contributed by atoms with Crippen LogP contribution in [0.25, 0.3) is 0 Å². The zero-order valence-electron chi connectivity index (χ0n) is 14.5. The average molecular weight is 345 g/mol. The van der Waals surface area contributed by atoms with Crippen molar-refractivity contribution in [2.75, 3.05) is 20.1 Å². The lowest BCUT2D eigenvalue weighted by molar-refractivity contribution is 0.449. The highest BCUT2D eigenvalue weighted by Crippen LogP contribution is 2.28. The number of benzene rings is 2. The van der Waals surface area contributed by atoms with Gasteiger partial charge in [0.2, 0.25) is 5.88 Å². The molecular weight excluding hydrogens is 326 g/mol. The Morgan fingerprint density at radius 3 is 2.35 bits per heavy atom. The molecule has 4 rings (SSSR count). The number of hydrogen-bond donors (Lipinski definition) is 0. The molecule has 0 saturated carbocycles. The van der Waals surface area contributed by atoms with E-state index in [1.54, 1.807) is 6.20 Å². The van der Waals surface area contributed by atoms with Crippen LogP contribution in [0.15, 0.2) is 77.9 Å². The number of aromatic nitrogens is 1. The van der Waals surface area contributed by atoms with Crippen LogP contribution in [-0.4, -0.2) is 35.9 Å². The van der Waals surface area contributed by atoms with Crippen LogP contribution in [0, 0.1) is 0 Å². The summed E-state index contributed by atoms with van der Waals surface area (Å²) in [5.74, 6) is 3.70. The smallest absolute Gasteiger partial charge is 0.219 e. The molecule has 130 valence electrons. The van der Waals surface area contributed by atoms with Crippen LogP contribution in [0.5, 0.6) is 23.1 Å². The lowest BCUT2D eigenvalue weighted by Gasteiger charge is -2.15. The van der Waals surface area contributed by atoms with Crippen molar-refractivity contribution in [1.29, 1.82) is 0 Å². The van der Waals surface area contributed by atoms with Crippen LogP contribution >= 0.6 is 0 Å². The van der Waals surface area contributed by atoms with Crippen molar-refractivity contribution in [2.24, 2.45) is 4.99 Å². The molecule has 0 fully saturated rings. The minimum Gasteiger partial charge on any atom is -0.457 e. The third-order valence-corrected chi connectivity index (χ3v) is 4.05. The number of ether oxygens (including phenoxy) is 2. The molecule has 1 aliphatic heterocycles. The summed E-state index contributed by atoms with van der Waals surface area (Å²) in [5, 5.41) is 0. The molecule has 5 nitrogen and oxygen atoms in total. The van der Waals surface area contributed by atoms with Gasteiger partial charge in [-0.3, -0.25) is 4.99 Å². The van der Waals surface area contributed by atoms with E-state index in [9.17, 15) is 0 Å². The first kappa shape index (κ1) is 16.1. The van der Waals surface area contributed by atoms with Gasteiger partial charge in [-0.2, -0.15) is 0 Å². The molecule has 26 heavy (non-hydrogen) atoms. The fourth-order valence-electron chi connectivity index (χ4n) is 2.81. The largest absolute Gasteiger partial charge is 0.457 e. The van der Waals surface area contributed by atoms with E-state index in [-0.39, 0.29) is 0 Å². The zero-order valence-corrected chi connectivity index (χ0v) is 14.5. The highest BCUT2D eigenvalue weighted by atomic mass is 16.5. The minimum absolute atomic E-state index is 0.550. The Morgan fingerprint density at radius 1 is 0.846 bits per heavy atom. The normalized spacial score (nSPS) is 13.4. The second-order valence-electron chi connectivity index (χ2n) is 6.00. The molecule has 5 heteroatoms. The summed E-state index contributed by atoms with van der Waals surface area (Å²) >= 11 is 0. The minimum atomic E-state index is 0.550. The number of likely N-dealkylation sites (N-methyl/N-ethyl adjacent to an activating group) is 1. The highest BCUT2D eigenvalue weighted by Gasteiger charge is 2.15. The van der Waals surface area contributed by atoms with Crippen LogP contribution in [0.2, 0.25) is 0 Å². The lowest BCUT2D eigenvalue weighted by atomic mass is 10.2. The summed E-state index contributed by atoms with van der Waals surface area (Å²) < 4.78 is 11.8. The maximum atomic E-state index is 6.02. The first-order valence-corrected chi connectivity index (χ1v) is 8.51. The van der Waals surface area contributed by atoms with Crippen molar-refractivity contribution in [1.82, 2.24) is 9.88 Å². The Kier molecular flexibility index (Phi) is 4.51. The number of hydrogen-bond acceptors (Lipinski definition) is 5. The van der Waals surface area contributed by atoms with Crippen molar-refractivity contribution < 1.29 is 9.47 Å². The van der Waals surface area contributed by atoms with Crippen molar-refractivity contribution in [3.05, 3.63) is 78.5 Å². The average Bonchev–Trinajstić information content (AvgIpc) is 3.09. The number of nitrogens with zero attached hydrogens (tertiary/aromatic N) is 3. The molecule has 0 unspecified atom stereocenters. The van der Waals surface area contributed by atoms with Crippen LogP contribution in [0.3, 0.4) is 0 Å². The van der Waals surface area contributed by atoms with Gasteiger partial charge in [-0.15, -0.1) is 0 Å². The van der Waals surface area contributed by atoms with Crippen molar-refractivity contribution in [3.63, 3.8) is 0 Å². The van der Waals surface area contributed by atoms with Gasteiger partial charge in [-0.1, -0.05) is 24.3 Å². The summed E-state index contributed by atoms with van der Waals surface area (Å²) in [6.45, 7) is 1.79. The second kappa shape index (κ2) is 7.27. The molecule has 1 aromatic heterocycles. The third kappa shape index (κ3) is 3.67. The Hall–Kier alpha value is -3.34. The van der Waals surface area contributed by atoms with Gasteiger partial charge < -0.3 is 14.4 Å². The van der Waals surface area contributed by atoms with Gasteiger partial charge in [0.1, 0.15) is 23.1 Å². The van der Waals surface area contributed by atoms with Gasteiger partial charge in [0, 0.05) is 37.5 Å². The monoisotopic (exact) mass is 345 g/mol. The van der Waals surface area contributed by atoms with Crippen molar-refractivity contribution >= 4 is 5.84 Å². The molecule has 3 aromatic rings. The van der Waals surface area contributed by atoms with Gasteiger partial charge in [0.15, 0.2) is 0 Å². The van der Waals surface area contributed by atoms with Gasteiger partial charge >= 0.3 is 0 Å². The number of pyridine rings is 1. The van der Waals surface area contributed by atoms with Crippen molar-refractivity contribution in [3.8, 4) is 23.1 Å². The number of amidine groups is 1. The first-order chi connectivity index (χ1) is 12.8. The topological polar surface area (TPSA) is 47.0 Å². The first-order valence-electron chi connectivity index (χ1n) is 8.51. The predicted octanol–water partition coefficient (Wildman–Crippen LogP) is 4.36. The molecule has 0 N–H and O–H groups in total. The molecule has 0 atom stereocenters. The molecule has 2 heterocycles. The number of rotatable bonds is 5. The van der Waals surface area contributed by atoms with Crippen LogP contribution in [-0.2, 0) is 0 Å².